The third kappa shape index (κ3) is 2.39. The molecule has 3 aliphatic heterocycles. The van der Waals surface area contributed by atoms with E-state index in [9.17, 15) is 8.42 Å². The fourth-order valence-corrected chi connectivity index (χ4v) is 5.87. The van der Waals surface area contributed by atoms with E-state index < -0.39 is 10.0 Å². The van der Waals surface area contributed by atoms with Gasteiger partial charge in [0.25, 0.3) is 0 Å². The van der Waals surface area contributed by atoms with Gasteiger partial charge in [0.2, 0.25) is 10.0 Å². The van der Waals surface area contributed by atoms with Crippen LogP contribution in [0.5, 0.6) is 0 Å². The van der Waals surface area contributed by atoms with Gasteiger partial charge in [0.15, 0.2) is 0 Å². The van der Waals surface area contributed by atoms with Crippen LogP contribution in [-0.4, -0.2) is 53.0 Å². The lowest BCUT2D eigenvalue weighted by atomic mass is 9.91. The predicted octanol–water partition coefficient (Wildman–Crippen LogP) is 1.14. The highest BCUT2D eigenvalue weighted by molar-refractivity contribution is 7.90. The molecule has 2 atom stereocenters. The van der Waals surface area contributed by atoms with Crippen LogP contribution in [0.3, 0.4) is 0 Å². The van der Waals surface area contributed by atoms with Crippen LogP contribution in [0, 0.1) is 6.92 Å². The van der Waals surface area contributed by atoms with Gasteiger partial charge in [-0.15, -0.1) is 0 Å². The van der Waals surface area contributed by atoms with Crippen molar-refractivity contribution in [3.8, 4) is 0 Å². The number of aromatic nitrogens is 1. The van der Waals surface area contributed by atoms with Crippen LogP contribution in [-0.2, 0) is 16.6 Å². The van der Waals surface area contributed by atoms with Crippen LogP contribution in [0.15, 0.2) is 18.2 Å². The zero-order valence-electron chi connectivity index (χ0n) is 12.3. The van der Waals surface area contributed by atoms with Crippen molar-refractivity contribution >= 4 is 10.0 Å². The largest absolute Gasteiger partial charge is 0.294 e. The highest BCUT2D eigenvalue weighted by Gasteiger charge is 2.54. The molecule has 3 saturated heterocycles. The van der Waals surface area contributed by atoms with Crippen molar-refractivity contribution in [3.63, 3.8) is 0 Å². The Bertz CT molecular complexity index is 645. The second kappa shape index (κ2) is 4.76. The van der Waals surface area contributed by atoms with Gasteiger partial charge in [-0.1, -0.05) is 6.07 Å². The fraction of sp³-hybridized carbons (Fsp3) is 0.667. The second-order valence-electron chi connectivity index (χ2n) is 6.58. The molecule has 5 nitrogen and oxygen atoms in total. The third-order valence-corrected chi connectivity index (χ3v) is 7.27. The molecule has 1 aromatic rings. The van der Waals surface area contributed by atoms with Gasteiger partial charge in [-0.05, 0) is 38.3 Å². The van der Waals surface area contributed by atoms with E-state index in [0.29, 0.717) is 0 Å². The van der Waals surface area contributed by atoms with Crippen molar-refractivity contribution in [2.45, 2.75) is 50.1 Å². The van der Waals surface area contributed by atoms with E-state index in [1.54, 1.807) is 0 Å². The molecular formula is C15H21N3O2S. The topological polar surface area (TPSA) is 53.5 Å². The zero-order chi connectivity index (χ0) is 14.6. The lowest BCUT2D eigenvalue weighted by Crippen LogP contribution is -2.70. The van der Waals surface area contributed by atoms with Crippen LogP contribution >= 0.6 is 0 Å². The fourth-order valence-electron chi connectivity index (χ4n) is 3.66. The average molecular weight is 307 g/mol. The number of rotatable bonds is 4. The number of hydrogen-bond donors (Lipinski definition) is 0. The third-order valence-electron chi connectivity index (χ3n) is 4.77. The first kappa shape index (κ1) is 13.7. The number of piperazine rings is 1. The van der Waals surface area contributed by atoms with E-state index in [0.717, 1.165) is 50.3 Å². The van der Waals surface area contributed by atoms with Crippen LogP contribution < -0.4 is 0 Å². The van der Waals surface area contributed by atoms with Gasteiger partial charge in [0, 0.05) is 37.4 Å². The van der Waals surface area contributed by atoms with E-state index in [-0.39, 0.29) is 17.3 Å². The number of fused-ring (bicyclic) bond motifs is 2. The lowest BCUT2D eigenvalue weighted by Gasteiger charge is -2.55. The minimum atomic E-state index is -3.00. The monoisotopic (exact) mass is 307 g/mol. The highest BCUT2D eigenvalue weighted by atomic mass is 32.2. The van der Waals surface area contributed by atoms with Gasteiger partial charge >= 0.3 is 0 Å². The summed E-state index contributed by atoms with van der Waals surface area (Å²) in [5.41, 5.74) is 2.11. The molecule has 5 rings (SSSR count). The molecule has 6 heteroatoms. The molecule has 114 valence electrons. The summed E-state index contributed by atoms with van der Waals surface area (Å²) < 4.78 is 26.6. The first-order valence-corrected chi connectivity index (χ1v) is 9.21. The second-order valence-corrected chi connectivity index (χ2v) is 8.70. The van der Waals surface area contributed by atoms with E-state index >= 15 is 0 Å². The molecule has 4 aliphatic rings. The Morgan fingerprint density at radius 3 is 2.57 bits per heavy atom. The van der Waals surface area contributed by atoms with E-state index in [2.05, 4.69) is 9.88 Å². The number of sulfonamides is 1. The van der Waals surface area contributed by atoms with Gasteiger partial charge in [-0.2, -0.15) is 4.31 Å². The summed E-state index contributed by atoms with van der Waals surface area (Å²) in [6.45, 7) is 4.52. The molecule has 2 unspecified atom stereocenters. The summed E-state index contributed by atoms with van der Waals surface area (Å²) in [5.74, 6) is 0. The van der Waals surface area contributed by atoms with E-state index in [4.69, 9.17) is 0 Å². The van der Waals surface area contributed by atoms with Gasteiger partial charge in [0.1, 0.15) is 0 Å². The maximum absolute atomic E-state index is 12.4. The average Bonchev–Trinajstić information content (AvgIpc) is 3.22. The standard InChI is InChI=1S/C15H21N3O2S/c1-11-3-2-4-12(16-11)8-17-9-13-7-14(10-17)18(13)21(19,20)15-5-6-15/h2-4,13-15H,5-10H2,1H3. The lowest BCUT2D eigenvalue weighted by molar-refractivity contribution is -0.0110. The van der Waals surface area contributed by atoms with Crippen molar-refractivity contribution in [3.05, 3.63) is 29.6 Å². The maximum atomic E-state index is 12.4. The summed E-state index contributed by atoms with van der Waals surface area (Å²) in [5, 5.41) is -0.0761. The van der Waals surface area contributed by atoms with Crippen LogP contribution in [0.25, 0.3) is 0 Å². The van der Waals surface area contributed by atoms with Crippen molar-refractivity contribution in [2.24, 2.45) is 0 Å². The van der Waals surface area contributed by atoms with Crippen LogP contribution in [0.4, 0.5) is 0 Å². The molecule has 0 aromatic carbocycles. The Morgan fingerprint density at radius 1 is 1.24 bits per heavy atom. The molecule has 0 amide bonds. The number of pyridine rings is 1. The molecule has 0 spiro atoms. The Morgan fingerprint density at radius 2 is 1.95 bits per heavy atom. The molecule has 4 heterocycles. The summed E-state index contributed by atoms with van der Waals surface area (Å²) in [6, 6.07) is 6.47. The predicted molar refractivity (Wildman–Crippen MR) is 80.2 cm³/mol. The van der Waals surface area contributed by atoms with Crippen molar-refractivity contribution in [2.75, 3.05) is 13.1 Å². The Hall–Kier alpha value is -0.980. The number of aryl methyl sites for hydroxylation is 1. The number of piperidine rings is 1. The van der Waals surface area contributed by atoms with Gasteiger partial charge in [0.05, 0.1) is 10.9 Å². The van der Waals surface area contributed by atoms with Crippen LogP contribution in [0.1, 0.15) is 30.7 Å². The van der Waals surface area contributed by atoms with Gasteiger partial charge < -0.3 is 0 Å². The summed E-state index contributed by atoms with van der Waals surface area (Å²) in [4.78, 5) is 6.89. The molecule has 0 radical (unpaired) electrons. The smallest absolute Gasteiger partial charge is 0.217 e. The molecule has 4 fully saturated rings. The molecule has 2 bridgehead atoms. The quantitative estimate of drug-likeness (QED) is 0.837. The minimum absolute atomic E-state index is 0.0761. The van der Waals surface area contributed by atoms with Crippen molar-refractivity contribution in [1.29, 1.82) is 0 Å². The number of hydrogen-bond acceptors (Lipinski definition) is 4. The van der Waals surface area contributed by atoms with Gasteiger partial charge in [-0.3, -0.25) is 9.88 Å². The SMILES string of the molecule is Cc1cccc(CN2CC3CC(C2)N3S(=O)(=O)C2CC2)n1. The molecule has 1 saturated carbocycles. The Balaban J connectivity index is 1.43. The summed E-state index contributed by atoms with van der Waals surface area (Å²) in [7, 11) is -3.00. The summed E-state index contributed by atoms with van der Waals surface area (Å²) >= 11 is 0. The Kier molecular flexibility index (Phi) is 3.10. The maximum Gasteiger partial charge on any atom is 0.217 e. The van der Waals surface area contributed by atoms with Crippen LogP contribution in [0.2, 0.25) is 0 Å². The van der Waals surface area contributed by atoms with Gasteiger partial charge in [-0.25, -0.2) is 8.42 Å². The van der Waals surface area contributed by atoms with Crippen molar-refractivity contribution < 1.29 is 8.42 Å². The molecule has 21 heavy (non-hydrogen) atoms. The van der Waals surface area contributed by atoms with Crippen molar-refractivity contribution in [1.82, 2.24) is 14.2 Å². The minimum Gasteiger partial charge on any atom is -0.294 e. The summed E-state index contributed by atoms with van der Waals surface area (Å²) in [6.07, 6.45) is 2.74. The first-order chi connectivity index (χ1) is 10.0. The highest BCUT2D eigenvalue weighted by Crippen LogP contribution is 2.41. The molecule has 1 aliphatic carbocycles. The normalized spacial score (nSPS) is 30.1. The Labute approximate surface area is 126 Å². The van der Waals surface area contributed by atoms with E-state index in [1.807, 2.05) is 29.4 Å². The first-order valence-electron chi connectivity index (χ1n) is 7.71. The zero-order valence-corrected chi connectivity index (χ0v) is 13.1. The number of nitrogens with zero attached hydrogens (tertiary/aromatic N) is 3. The van der Waals surface area contributed by atoms with E-state index in [1.165, 1.54) is 0 Å². The molecule has 1 aromatic heterocycles. The molecular weight excluding hydrogens is 286 g/mol. The molecule has 0 N–H and O–H groups in total.